The van der Waals surface area contributed by atoms with E-state index in [1.807, 2.05) is 6.07 Å². The molecule has 1 aliphatic rings. The van der Waals surface area contributed by atoms with Crippen LogP contribution < -0.4 is 10.1 Å². The first-order valence-electron chi connectivity index (χ1n) is 9.53. The van der Waals surface area contributed by atoms with E-state index in [0.717, 1.165) is 5.56 Å². The molecule has 1 amide bonds. The van der Waals surface area contributed by atoms with Crippen molar-refractivity contribution in [1.82, 2.24) is 5.32 Å². The summed E-state index contributed by atoms with van der Waals surface area (Å²) in [6.45, 7) is 2.33. The maximum atomic E-state index is 13.4. The van der Waals surface area contributed by atoms with Crippen molar-refractivity contribution in [3.63, 3.8) is 0 Å². The van der Waals surface area contributed by atoms with Crippen molar-refractivity contribution < 1.29 is 27.8 Å². The highest BCUT2D eigenvalue weighted by atomic mass is 19.1. The summed E-state index contributed by atoms with van der Waals surface area (Å²) in [5, 5.41) is 3.37. The summed E-state index contributed by atoms with van der Waals surface area (Å²) in [7, 11) is 1.57. The van der Waals surface area contributed by atoms with Crippen molar-refractivity contribution in [2.75, 3.05) is 40.1 Å². The number of carbonyl (C=O) groups excluding carboxylic acids is 1. The summed E-state index contributed by atoms with van der Waals surface area (Å²) in [6, 6.07) is 9.50. The van der Waals surface area contributed by atoms with Crippen molar-refractivity contribution in [3.8, 4) is 17.1 Å². The lowest BCUT2D eigenvalue weighted by atomic mass is 9.98. The molecule has 0 aliphatic carbocycles. The van der Waals surface area contributed by atoms with Gasteiger partial charge in [0.2, 0.25) is 0 Å². The largest absolute Gasteiger partial charge is 0.491 e. The summed E-state index contributed by atoms with van der Waals surface area (Å²) >= 11 is 0. The van der Waals surface area contributed by atoms with Gasteiger partial charge in [-0.15, -0.1) is 0 Å². The molecule has 1 N–H and O–H groups in total. The lowest BCUT2D eigenvalue weighted by Gasteiger charge is -2.12. The van der Waals surface area contributed by atoms with Gasteiger partial charge in [-0.25, -0.2) is 4.39 Å². The van der Waals surface area contributed by atoms with Crippen LogP contribution >= 0.6 is 0 Å². The van der Waals surface area contributed by atoms with Crippen LogP contribution in [0.4, 0.5) is 4.39 Å². The molecule has 1 aromatic heterocycles. The van der Waals surface area contributed by atoms with Crippen molar-refractivity contribution in [2.24, 2.45) is 0 Å². The number of furan rings is 1. The molecule has 4 rings (SSSR count). The van der Waals surface area contributed by atoms with Gasteiger partial charge in [-0.1, -0.05) is 0 Å². The molecule has 0 radical (unpaired) electrons. The molecule has 7 heteroatoms. The van der Waals surface area contributed by atoms with Crippen LogP contribution in [-0.2, 0) is 15.9 Å². The van der Waals surface area contributed by atoms with E-state index in [1.165, 1.54) is 12.1 Å². The molecule has 2 aromatic carbocycles. The van der Waals surface area contributed by atoms with Gasteiger partial charge in [0.25, 0.3) is 5.91 Å². The molecule has 0 fully saturated rings. The Labute approximate surface area is 167 Å². The van der Waals surface area contributed by atoms with E-state index in [9.17, 15) is 9.18 Å². The summed E-state index contributed by atoms with van der Waals surface area (Å²) in [4.78, 5) is 12.8. The third-order valence-electron chi connectivity index (χ3n) is 4.83. The lowest BCUT2D eigenvalue weighted by molar-refractivity contribution is 0.0405. The summed E-state index contributed by atoms with van der Waals surface area (Å²) in [6.07, 6.45) is 0.555. The molecule has 0 unspecified atom stereocenters. The second-order valence-corrected chi connectivity index (χ2v) is 6.63. The predicted octanol–water partition coefficient (Wildman–Crippen LogP) is 3.57. The molecule has 3 aromatic rings. The van der Waals surface area contributed by atoms with Crippen LogP contribution in [0.2, 0.25) is 0 Å². The number of hydrogen-bond acceptors (Lipinski definition) is 5. The van der Waals surface area contributed by atoms with Crippen LogP contribution in [0.25, 0.3) is 22.3 Å². The Hall–Kier alpha value is -2.90. The van der Waals surface area contributed by atoms with Crippen molar-refractivity contribution >= 4 is 16.9 Å². The van der Waals surface area contributed by atoms with Gasteiger partial charge in [-0.05, 0) is 36.4 Å². The minimum atomic E-state index is -0.354. The Kier molecular flexibility index (Phi) is 5.78. The first kappa shape index (κ1) is 19.4. The van der Waals surface area contributed by atoms with Gasteiger partial charge < -0.3 is 23.9 Å². The van der Waals surface area contributed by atoms with E-state index in [2.05, 4.69) is 5.32 Å². The maximum Gasteiger partial charge on any atom is 0.255 e. The zero-order chi connectivity index (χ0) is 20.2. The molecule has 0 bridgehead atoms. The normalized spacial score (nSPS) is 15.2. The van der Waals surface area contributed by atoms with Crippen LogP contribution in [-0.4, -0.2) is 46.0 Å². The number of carbonyl (C=O) groups is 1. The number of nitrogens with one attached hydrogen (secondary N) is 1. The topological polar surface area (TPSA) is 69.9 Å². The lowest BCUT2D eigenvalue weighted by Crippen LogP contribution is -2.18. The Balaban J connectivity index is 1.91. The number of halogens is 1. The van der Waals surface area contributed by atoms with E-state index in [1.54, 1.807) is 25.2 Å². The number of amides is 1. The molecular formula is C22H22FNO5. The van der Waals surface area contributed by atoms with Crippen molar-refractivity contribution in [3.05, 3.63) is 53.3 Å². The van der Waals surface area contributed by atoms with Gasteiger partial charge in [-0.2, -0.15) is 0 Å². The monoisotopic (exact) mass is 399 g/mol. The third kappa shape index (κ3) is 3.97. The molecule has 0 saturated heterocycles. The van der Waals surface area contributed by atoms with E-state index in [-0.39, 0.29) is 11.7 Å². The fraction of sp³-hybridized carbons (Fsp3) is 0.318. The van der Waals surface area contributed by atoms with Crippen LogP contribution in [0.5, 0.6) is 5.75 Å². The zero-order valence-corrected chi connectivity index (χ0v) is 16.1. The van der Waals surface area contributed by atoms with Crippen LogP contribution in [0.15, 0.2) is 40.8 Å². The minimum Gasteiger partial charge on any atom is -0.491 e. The van der Waals surface area contributed by atoms with Crippen LogP contribution in [0, 0.1) is 5.82 Å². The highest BCUT2D eigenvalue weighted by Crippen LogP contribution is 2.39. The number of fused-ring (bicyclic) bond motifs is 3. The predicted molar refractivity (Wildman–Crippen MR) is 106 cm³/mol. The van der Waals surface area contributed by atoms with Crippen molar-refractivity contribution in [1.29, 1.82) is 0 Å². The first-order chi connectivity index (χ1) is 14.2. The van der Waals surface area contributed by atoms with Crippen LogP contribution in [0.3, 0.4) is 0 Å². The Morgan fingerprint density at radius 1 is 0.966 bits per heavy atom. The van der Waals surface area contributed by atoms with E-state index >= 15 is 0 Å². The Morgan fingerprint density at radius 3 is 2.45 bits per heavy atom. The Bertz CT molecular complexity index is 1010. The average Bonchev–Trinajstić information content (AvgIpc) is 3.10. The van der Waals surface area contributed by atoms with Gasteiger partial charge in [0.15, 0.2) is 0 Å². The molecule has 29 heavy (non-hydrogen) atoms. The number of hydrogen-bond donors (Lipinski definition) is 1. The van der Waals surface area contributed by atoms with Gasteiger partial charge in [0.1, 0.15) is 29.5 Å². The van der Waals surface area contributed by atoms with Gasteiger partial charge >= 0.3 is 0 Å². The van der Waals surface area contributed by atoms with Gasteiger partial charge in [-0.3, -0.25) is 4.79 Å². The fourth-order valence-electron chi connectivity index (χ4n) is 3.48. The number of benzene rings is 2. The summed E-state index contributed by atoms with van der Waals surface area (Å²) < 4.78 is 36.5. The molecule has 152 valence electrons. The number of rotatable bonds is 2. The smallest absolute Gasteiger partial charge is 0.255 e. The van der Waals surface area contributed by atoms with Crippen LogP contribution in [0.1, 0.15) is 15.9 Å². The van der Waals surface area contributed by atoms with E-state index in [4.69, 9.17) is 18.6 Å². The summed E-state index contributed by atoms with van der Waals surface area (Å²) in [5.74, 6) is 0.428. The second-order valence-electron chi connectivity index (χ2n) is 6.63. The quantitative estimate of drug-likeness (QED) is 0.714. The molecule has 1 aliphatic heterocycles. The molecule has 6 nitrogen and oxygen atoms in total. The average molecular weight is 399 g/mol. The maximum absolute atomic E-state index is 13.4. The highest BCUT2D eigenvalue weighted by Gasteiger charge is 2.25. The van der Waals surface area contributed by atoms with Gasteiger partial charge in [0, 0.05) is 30.0 Å². The zero-order valence-electron chi connectivity index (χ0n) is 16.1. The second kappa shape index (κ2) is 8.63. The fourth-order valence-corrected chi connectivity index (χ4v) is 3.48. The Morgan fingerprint density at radius 2 is 1.69 bits per heavy atom. The van der Waals surface area contributed by atoms with E-state index < -0.39 is 0 Å². The standard InChI is InChI=1S/C22H22FNO5/c1-24-22(25)20-19-16-8-9-26-10-11-27-12-13-28-17(16)6-7-18(19)29-21(20)14-2-4-15(23)5-3-14/h2-7H,8-13H2,1H3,(H,24,25). The SMILES string of the molecule is CNC(=O)c1c(-c2ccc(F)cc2)oc2ccc3c(c12)CCOCCOCCO3. The molecular weight excluding hydrogens is 377 g/mol. The third-order valence-corrected chi connectivity index (χ3v) is 4.83. The molecule has 0 spiro atoms. The minimum absolute atomic E-state index is 0.282. The summed E-state index contributed by atoms with van der Waals surface area (Å²) in [5.41, 5.74) is 2.44. The van der Waals surface area contributed by atoms with Gasteiger partial charge in [0.05, 0.1) is 32.0 Å². The van der Waals surface area contributed by atoms with E-state index in [0.29, 0.717) is 73.1 Å². The molecule has 0 atom stereocenters. The molecule has 0 saturated carbocycles. The number of ether oxygens (including phenoxy) is 3. The first-order valence-corrected chi connectivity index (χ1v) is 9.53. The highest BCUT2D eigenvalue weighted by molar-refractivity contribution is 6.12. The van der Waals surface area contributed by atoms with Crippen molar-refractivity contribution in [2.45, 2.75) is 6.42 Å². The molecule has 2 heterocycles.